The van der Waals surface area contributed by atoms with Crippen LogP contribution in [0.3, 0.4) is 0 Å². The summed E-state index contributed by atoms with van der Waals surface area (Å²) in [5.74, 6) is 1.30. The Morgan fingerprint density at radius 2 is 2.08 bits per heavy atom. The fourth-order valence-corrected chi connectivity index (χ4v) is 3.13. The monoisotopic (exact) mass is 201 g/mol. The summed E-state index contributed by atoms with van der Waals surface area (Å²) in [4.78, 5) is 0. The Bertz CT molecular complexity index is 121. The Kier molecular flexibility index (Phi) is 5.88. The molecule has 0 aromatic rings. The van der Waals surface area contributed by atoms with Gasteiger partial charge in [0.1, 0.15) is 0 Å². The van der Waals surface area contributed by atoms with Crippen molar-refractivity contribution >= 4 is 11.8 Å². The van der Waals surface area contributed by atoms with Crippen LogP contribution in [0.25, 0.3) is 0 Å². The molecule has 0 aromatic carbocycles. The van der Waals surface area contributed by atoms with Crippen molar-refractivity contribution in [3.63, 3.8) is 0 Å². The van der Waals surface area contributed by atoms with Crippen molar-refractivity contribution in [3.05, 3.63) is 0 Å². The third-order valence-corrected chi connectivity index (χ3v) is 4.26. The minimum atomic E-state index is 0.700. The zero-order valence-electron chi connectivity index (χ0n) is 9.01. The van der Waals surface area contributed by atoms with Gasteiger partial charge in [-0.2, -0.15) is 11.8 Å². The van der Waals surface area contributed by atoms with Crippen molar-refractivity contribution < 1.29 is 0 Å². The van der Waals surface area contributed by atoms with Crippen LogP contribution in [0.1, 0.15) is 46.0 Å². The summed E-state index contributed by atoms with van der Waals surface area (Å²) in [6.07, 6.45) is 7.11. The second kappa shape index (κ2) is 6.72. The molecule has 1 N–H and O–H groups in total. The summed E-state index contributed by atoms with van der Waals surface area (Å²) >= 11 is 2.18. The summed E-state index contributed by atoms with van der Waals surface area (Å²) in [6.45, 7) is 5.70. The van der Waals surface area contributed by atoms with E-state index < -0.39 is 0 Å². The molecule has 1 rings (SSSR count). The third-order valence-electron chi connectivity index (χ3n) is 2.63. The molecule has 1 atom stereocenters. The Morgan fingerprint density at radius 1 is 1.38 bits per heavy atom. The molecule has 0 radical (unpaired) electrons. The van der Waals surface area contributed by atoms with Crippen LogP contribution in [0.4, 0.5) is 0 Å². The van der Waals surface area contributed by atoms with E-state index in [1.165, 1.54) is 44.4 Å². The minimum absolute atomic E-state index is 0.700. The quantitative estimate of drug-likeness (QED) is 0.709. The summed E-state index contributed by atoms with van der Waals surface area (Å²) < 4.78 is 0. The van der Waals surface area contributed by atoms with E-state index in [0.29, 0.717) is 6.04 Å². The molecular formula is C11H23NS. The third kappa shape index (κ3) is 4.92. The van der Waals surface area contributed by atoms with Gasteiger partial charge in [-0.3, -0.25) is 0 Å². The van der Waals surface area contributed by atoms with Crippen molar-refractivity contribution in [2.24, 2.45) is 0 Å². The van der Waals surface area contributed by atoms with Crippen molar-refractivity contribution in [2.75, 3.05) is 12.3 Å². The van der Waals surface area contributed by atoms with E-state index in [1.54, 1.807) is 0 Å². The molecule has 1 aliphatic rings. The van der Waals surface area contributed by atoms with Gasteiger partial charge in [-0.15, -0.1) is 0 Å². The first-order chi connectivity index (χ1) is 6.33. The van der Waals surface area contributed by atoms with Gasteiger partial charge in [-0.1, -0.05) is 19.8 Å². The molecular weight excluding hydrogens is 178 g/mol. The van der Waals surface area contributed by atoms with Crippen molar-refractivity contribution in [1.82, 2.24) is 5.32 Å². The van der Waals surface area contributed by atoms with E-state index in [0.717, 1.165) is 5.25 Å². The molecule has 0 bridgehead atoms. The number of hydrogen-bond acceptors (Lipinski definition) is 2. The Hall–Kier alpha value is 0.310. The largest absolute Gasteiger partial charge is 0.313 e. The van der Waals surface area contributed by atoms with Crippen LogP contribution in [0.5, 0.6) is 0 Å². The highest BCUT2D eigenvalue weighted by atomic mass is 32.2. The number of nitrogens with one attached hydrogen (secondary N) is 1. The molecule has 1 fully saturated rings. The summed E-state index contributed by atoms with van der Waals surface area (Å²) in [7, 11) is 0. The first-order valence-electron chi connectivity index (χ1n) is 5.68. The molecule has 0 aliphatic heterocycles. The maximum Gasteiger partial charge on any atom is 0.0130 e. The fourth-order valence-electron chi connectivity index (χ4n) is 1.79. The summed E-state index contributed by atoms with van der Waals surface area (Å²) in [5, 5.41) is 4.51. The van der Waals surface area contributed by atoms with Gasteiger partial charge in [0.25, 0.3) is 0 Å². The first-order valence-corrected chi connectivity index (χ1v) is 6.72. The zero-order chi connectivity index (χ0) is 9.52. The van der Waals surface area contributed by atoms with Crippen LogP contribution < -0.4 is 5.32 Å². The summed E-state index contributed by atoms with van der Waals surface area (Å²) in [6, 6.07) is 0.700. The number of thioether (sulfide) groups is 1. The molecule has 0 heterocycles. The van der Waals surface area contributed by atoms with Gasteiger partial charge in [0.2, 0.25) is 0 Å². The maximum absolute atomic E-state index is 3.54. The van der Waals surface area contributed by atoms with Gasteiger partial charge < -0.3 is 5.32 Å². The second-order valence-electron chi connectivity index (χ2n) is 4.09. The Labute approximate surface area is 87.1 Å². The van der Waals surface area contributed by atoms with Crippen LogP contribution >= 0.6 is 11.8 Å². The lowest BCUT2D eigenvalue weighted by molar-refractivity contribution is 0.589. The van der Waals surface area contributed by atoms with Gasteiger partial charge in [0, 0.05) is 17.0 Å². The van der Waals surface area contributed by atoms with Crippen molar-refractivity contribution in [2.45, 2.75) is 57.2 Å². The van der Waals surface area contributed by atoms with E-state index in [2.05, 4.69) is 30.9 Å². The predicted molar refractivity (Wildman–Crippen MR) is 62.5 cm³/mol. The normalized spacial score (nSPS) is 20.8. The van der Waals surface area contributed by atoms with E-state index >= 15 is 0 Å². The van der Waals surface area contributed by atoms with E-state index in [1.807, 2.05) is 0 Å². The van der Waals surface area contributed by atoms with Crippen LogP contribution in [0, 0.1) is 0 Å². The van der Waals surface area contributed by atoms with E-state index in [9.17, 15) is 0 Å². The predicted octanol–water partition coefficient (Wildman–Crippen LogP) is 3.05. The van der Waals surface area contributed by atoms with Gasteiger partial charge in [-0.25, -0.2) is 0 Å². The van der Waals surface area contributed by atoms with Crippen molar-refractivity contribution in [3.8, 4) is 0 Å². The van der Waals surface area contributed by atoms with Crippen molar-refractivity contribution in [1.29, 1.82) is 0 Å². The standard InChI is InChI=1S/C11H23NS/c1-3-8-12-10(2)9-13-11-6-4-5-7-11/h10-12H,3-9H2,1-2H3. The van der Waals surface area contributed by atoms with Gasteiger partial charge >= 0.3 is 0 Å². The molecule has 78 valence electrons. The van der Waals surface area contributed by atoms with Crippen LogP contribution in [0.2, 0.25) is 0 Å². The SMILES string of the molecule is CCCNC(C)CSC1CCCC1. The molecule has 1 nitrogen and oxygen atoms in total. The van der Waals surface area contributed by atoms with Gasteiger partial charge in [0.05, 0.1) is 0 Å². The average molecular weight is 201 g/mol. The van der Waals surface area contributed by atoms with E-state index in [4.69, 9.17) is 0 Å². The molecule has 1 saturated carbocycles. The lowest BCUT2D eigenvalue weighted by Crippen LogP contribution is -2.29. The van der Waals surface area contributed by atoms with Crippen LogP contribution in [-0.2, 0) is 0 Å². The number of rotatable bonds is 6. The molecule has 0 amide bonds. The highest BCUT2D eigenvalue weighted by Crippen LogP contribution is 2.29. The number of hydrogen-bond donors (Lipinski definition) is 1. The fraction of sp³-hybridized carbons (Fsp3) is 1.00. The highest BCUT2D eigenvalue weighted by Gasteiger charge is 2.15. The molecule has 1 unspecified atom stereocenters. The topological polar surface area (TPSA) is 12.0 Å². The van der Waals surface area contributed by atoms with Crippen LogP contribution in [0.15, 0.2) is 0 Å². The smallest absolute Gasteiger partial charge is 0.0130 e. The minimum Gasteiger partial charge on any atom is -0.313 e. The highest BCUT2D eigenvalue weighted by molar-refractivity contribution is 7.99. The molecule has 1 aliphatic carbocycles. The molecule has 2 heteroatoms. The lowest BCUT2D eigenvalue weighted by atomic mass is 10.3. The van der Waals surface area contributed by atoms with Crippen LogP contribution in [-0.4, -0.2) is 23.6 Å². The maximum atomic E-state index is 3.54. The Balaban J connectivity index is 1.97. The second-order valence-corrected chi connectivity index (χ2v) is 5.43. The first kappa shape index (κ1) is 11.4. The average Bonchev–Trinajstić information content (AvgIpc) is 2.64. The molecule has 0 saturated heterocycles. The van der Waals surface area contributed by atoms with Gasteiger partial charge in [-0.05, 0) is 32.7 Å². The zero-order valence-corrected chi connectivity index (χ0v) is 9.83. The molecule has 13 heavy (non-hydrogen) atoms. The summed E-state index contributed by atoms with van der Waals surface area (Å²) in [5.41, 5.74) is 0. The Morgan fingerprint density at radius 3 is 2.69 bits per heavy atom. The lowest BCUT2D eigenvalue weighted by Gasteiger charge is -2.15. The molecule has 0 spiro atoms. The molecule has 0 aromatic heterocycles. The van der Waals surface area contributed by atoms with E-state index in [-0.39, 0.29) is 0 Å². The van der Waals surface area contributed by atoms with Gasteiger partial charge in [0.15, 0.2) is 0 Å².